The fourth-order valence-electron chi connectivity index (χ4n) is 3.16. The Labute approximate surface area is 220 Å². The minimum Gasteiger partial charge on any atom is -0.354 e. The Kier molecular flexibility index (Phi) is 11.7. The predicted octanol–water partition coefficient (Wildman–Crippen LogP) is 7.11. The first-order valence-corrected chi connectivity index (χ1v) is 13.3. The molecule has 0 aliphatic rings. The van der Waals surface area contributed by atoms with E-state index in [4.69, 9.17) is 46.4 Å². The van der Waals surface area contributed by atoms with Crippen LogP contribution in [0.2, 0.25) is 20.1 Å². The summed E-state index contributed by atoms with van der Waals surface area (Å²) in [5.74, 6) is 0.728. The van der Waals surface area contributed by atoms with Crippen LogP contribution < -0.4 is 5.32 Å². The van der Waals surface area contributed by atoms with Crippen LogP contribution in [0.4, 0.5) is 0 Å². The average Bonchev–Trinajstić information content (AvgIpc) is 2.76. The number of nitrogens with one attached hydrogen (secondary N) is 1. The van der Waals surface area contributed by atoms with E-state index in [2.05, 4.69) is 5.32 Å². The molecule has 9 heteroatoms. The van der Waals surface area contributed by atoms with Crippen molar-refractivity contribution in [1.82, 2.24) is 10.2 Å². The van der Waals surface area contributed by atoms with Crippen LogP contribution in [0.15, 0.2) is 36.4 Å². The molecule has 0 unspecified atom stereocenters. The van der Waals surface area contributed by atoms with Crippen molar-refractivity contribution in [2.75, 3.05) is 12.3 Å². The van der Waals surface area contributed by atoms with Crippen LogP contribution in [0.3, 0.4) is 0 Å². The Morgan fingerprint density at radius 3 is 2.24 bits per heavy atom. The molecule has 0 saturated heterocycles. The van der Waals surface area contributed by atoms with Gasteiger partial charge < -0.3 is 10.2 Å². The Morgan fingerprint density at radius 1 is 1.00 bits per heavy atom. The van der Waals surface area contributed by atoms with E-state index in [9.17, 15) is 9.59 Å². The van der Waals surface area contributed by atoms with E-state index in [0.717, 1.165) is 5.56 Å². The maximum absolute atomic E-state index is 13.3. The van der Waals surface area contributed by atoms with Gasteiger partial charge in [-0.1, -0.05) is 79.3 Å². The van der Waals surface area contributed by atoms with E-state index in [1.807, 2.05) is 26.8 Å². The van der Waals surface area contributed by atoms with E-state index in [1.54, 1.807) is 35.2 Å². The molecule has 4 nitrogen and oxygen atoms in total. The second kappa shape index (κ2) is 13.7. The number of carbonyl (C=O) groups excluding carboxylic acids is 2. The minimum atomic E-state index is -0.630. The molecule has 0 aliphatic carbocycles. The van der Waals surface area contributed by atoms with Gasteiger partial charge in [0.1, 0.15) is 6.04 Å². The minimum absolute atomic E-state index is 0.151. The molecule has 2 aromatic rings. The van der Waals surface area contributed by atoms with Crippen molar-refractivity contribution in [3.05, 3.63) is 67.6 Å². The smallest absolute Gasteiger partial charge is 0.242 e. The third kappa shape index (κ3) is 8.56. The molecule has 0 saturated carbocycles. The SMILES string of the molecule is CC[C@H](C(=O)NCC(C)C)N(Cc1c(Cl)cccc1Cl)C(=O)CSCc1ccc(Cl)c(Cl)c1. The molecule has 0 aromatic heterocycles. The van der Waals surface area contributed by atoms with Crippen molar-refractivity contribution in [1.29, 1.82) is 0 Å². The number of thioether (sulfide) groups is 1. The second-order valence-corrected chi connectivity index (χ2v) is 10.6. The number of nitrogens with zero attached hydrogens (tertiary/aromatic N) is 1. The van der Waals surface area contributed by atoms with E-state index in [0.29, 0.717) is 50.3 Å². The lowest BCUT2D eigenvalue weighted by molar-refractivity contribution is -0.139. The van der Waals surface area contributed by atoms with E-state index in [1.165, 1.54) is 11.8 Å². The van der Waals surface area contributed by atoms with Gasteiger partial charge in [-0.25, -0.2) is 0 Å². The summed E-state index contributed by atoms with van der Waals surface area (Å²) >= 11 is 26.2. The van der Waals surface area contributed by atoms with E-state index < -0.39 is 6.04 Å². The number of amides is 2. The maximum Gasteiger partial charge on any atom is 0.242 e. The lowest BCUT2D eigenvalue weighted by atomic mass is 10.1. The number of rotatable bonds is 11. The summed E-state index contributed by atoms with van der Waals surface area (Å²) in [6, 6.07) is 9.97. The van der Waals surface area contributed by atoms with Crippen molar-refractivity contribution >= 4 is 70.0 Å². The zero-order chi connectivity index (χ0) is 24.5. The molecule has 0 spiro atoms. The average molecular weight is 550 g/mol. The van der Waals surface area contributed by atoms with Crippen molar-refractivity contribution in [2.45, 2.75) is 45.5 Å². The van der Waals surface area contributed by atoms with E-state index >= 15 is 0 Å². The highest BCUT2D eigenvalue weighted by atomic mass is 35.5. The summed E-state index contributed by atoms with van der Waals surface area (Å²) in [4.78, 5) is 27.8. The predicted molar refractivity (Wildman–Crippen MR) is 142 cm³/mol. The summed E-state index contributed by atoms with van der Waals surface area (Å²) in [5, 5.41) is 4.83. The number of carbonyl (C=O) groups is 2. The first-order chi connectivity index (χ1) is 15.6. The molecule has 0 bridgehead atoms. The molecule has 0 radical (unpaired) electrons. The Hall–Kier alpha value is -1.11. The Morgan fingerprint density at radius 2 is 1.67 bits per heavy atom. The zero-order valence-corrected chi connectivity index (χ0v) is 22.7. The summed E-state index contributed by atoms with van der Waals surface area (Å²) in [5.41, 5.74) is 1.59. The molecular weight excluding hydrogens is 522 g/mol. The number of hydrogen-bond donors (Lipinski definition) is 1. The second-order valence-electron chi connectivity index (χ2n) is 8.03. The molecule has 2 aromatic carbocycles. The lowest BCUT2D eigenvalue weighted by Gasteiger charge is -2.31. The van der Waals surface area contributed by atoms with Crippen LogP contribution in [0, 0.1) is 5.92 Å². The highest BCUT2D eigenvalue weighted by Crippen LogP contribution is 2.28. The van der Waals surface area contributed by atoms with Crippen LogP contribution in [0.25, 0.3) is 0 Å². The quantitative estimate of drug-likeness (QED) is 0.325. The van der Waals surface area contributed by atoms with Gasteiger partial charge in [0.05, 0.1) is 15.8 Å². The molecule has 2 amide bonds. The summed E-state index contributed by atoms with van der Waals surface area (Å²) < 4.78 is 0. The van der Waals surface area contributed by atoms with Crippen molar-refractivity contribution < 1.29 is 9.59 Å². The largest absolute Gasteiger partial charge is 0.354 e. The van der Waals surface area contributed by atoms with Gasteiger partial charge in [-0.2, -0.15) is 0 Å². The van der Waals surface area contributed by atoms with Gasteiger partial charge in [0.2, 0.25) is 11.8 Å². The van der Waals surface area contributed by atoms with Crippen molar-refractivity contribution in [3.8, 4) is 0 Å². The highest BCUT2D eigenvalue weighted by Gasteiger charge is 2.29. The number of hydrogen-bond acceptors (Lipinski definition) is 3. The maximum atomic E-state index is 13.3. The third-order valence-electron chi connectivity index (χ3n) is 4.94. The Balaban J connectivity index is 2.19. The molecule has 2 rings (SSSR count). The Bertz CT molecular complexity index is 951. The highest BCUT2D eigenvalue weighted by molar-refractivity contribution is 7.99. The standard InChI is InChI=1S/C24H28Cl4N2O2S/c1-4-22(24(32)29-11-15(2)3)30(12-17-18(25)6-5-7-19(17)26)23(31)14-33-13-16-8-9-20(27)21(28)10-16/h5-10,15,22H,4,11-14H2,1-3H3,(H,29,32)/t22-/m1/s1. The normalized spacial score (nSPS) is 12.0. The molecule has 33 heavy (non-hydrogen) atoms. The van der Waals surface area contributed by atoms with Gasteiger partial charge in [-0.15, -0.1) is 11.8 Å². The van der Waals surface area contributed by atoms with Gasteiger partial charge in [-0.05, 0) is 42.2 Å². The molecule has 180 valence electrons. The molecule has 0 aliphatic heterocycles. The molecular formula is C24H28Cl4N2O2S. The topological polar surface area (TPSA) is 49.4 Å². The van der Waals surface area contributed by atoms with Gasteiger partial charge >= 0.3 is 0 Å². The van der Waals surface area contributed by atoms with Crippen LogP contribution in [-0.2, 0) is 21.9 Å². The third-order valence-corrected chi connectivity index (χ3v) is 7.37. The van der Waals surface area contributed by atoms with Gasteiger partial charge in [0.25, 0.3) is 0 Å². The molecule has 0 heterocycles. The number of benzene rings is 2. The fraction of sp³-hybridized carbons (Fsp3) is 0.417. The zero-order valence-electron chi connectivity index (χ0n) is 18.8. The van der Waals surface area contributed by atoms with Crippen LogP contribution in [0.5, 0.6) is 0 Å². The van der Waals surface area contributed by atoms with Crippen LogP contribution in [0.1, 0.15) is 38.3 Å². The summed E-state index contributed by atoms with van der Waals surface area (Å²) in [6.07, 6.45) is 0.467. The van der Waals surface area contributed by atoms with Gasteiger partial charge in [0.15, 0.2) is 0 Å². The monoisotopic (exact) mass is 548 g/mol. The van der Waals surface area contributed by atoms with Gasteiger partial charge in [0, 0.05) is 34.5 Å². The number of halogens is 4. The summed E-state index contributed by atoms with van der Waals surface area (Å²) in [6.45, 7) is 6.62. The molecule has 0 fully saturated rings. The lowest BCUT2D eigenvalue weighted by Crippen LogP contribution is -2.50. The van der Waals surface area contributed by atoms with E-state index in [-0.39, 0.29) is 24.1 Å². The van der Waals surface area contributed by atoms with Gasteiger partial charge in [-0.3, -0.25) is 9.59 Å². The summed E-state index contributed by atoms with van der Waals surface area (Å²) in [7, 11) is 0. The molecule has 1 atom stereocenters. The molecule has 1 N–H and O–H groups in total. The van der Waals surface area contributed by atoms with Crippen molar-refractivity contribution in [2.24, 2.45) is 5.92 Å². The van der Waals surface area contributed by atoms with Crippen LogP contribution >= 0.6 is 58.2 Å². The fourth-order valence-corrected chi connectivity index (χ4v) is 4.86. The van der Waals surface area contributed by atoms with Crippen molar-refractivity contribution in [3.63, 3.8) is 0 Å². The first kappa shape index (κ1) is 28.1. The first-order valence-electron chi connectivity index (χ1n) is 10.7. The van der Waals surface area contributed by atoms with Crippen LogP contribution in [-0.4, -0.2) is 35.1 Å².